The number of rotatable bonds is 4. The Morgan fingerprint density at radius 3 is 2.25 bits per heavy atom. The molecule has 1 saturated heterocycles. The summed E-state index contributed by atoms with van der Waals surface area (Å²) in [5, 5.41) is 8.63. The van der Waals surface area contributed by atoms with Gasteiger partial charge in [0.15, 0.2) is 0 Å². The Bertz CT molecular complexity index is 355. The largest absolute Gasteiger partial charge is 0.480 e. The van der Waals surface area contributed by atoms with Crippen molar-refractivity contribution >= 4 is 11.9 Å². The summed E-state index contributed by atoms with van der Waals surface area (Å²) in [6.45, 7) is 2.63. The van der Waals surface area contributed by atoms with Gasteiger partial charge in [-0.2, -0.15) is 0 Å². The second kappa shape index (κ2) is 6.57. The number of carbonyl (C=O) groups excluding carboxylic acids is 1. The zero-order chi connectivity index (χ0) is 14.6. The summed E-state index contributed by atoms with van der Waals surface area (Å²) >= 11 is 0. The zero-order valence-corrected chi connectivity index (χ0v) is 12.3. The summed E-state index contributed by atoms with van der Waals surface area (Å²) in [5.74, 6) is -0.557. The Morgan fingerprint density at radius 2 is 1.70 bits per heavy atom. The molecule has 0 spiro atoms. The first kappa shape index (κ1) is 15.3. The molecule has 5 heteroatoms. The monoisotopic (exact) mass is 283 g/mol. The number of nitrogens with zero attached hydrogens (tertiary/aromatic N) is 1. The molecular formula is C15H25NO4. The van der Waals surface area contributed by atoms with Crippen molar-refractivity contribution < 1.29 is 19.4 Å². The van der Waals surface area contributed by atoms with E-state index in [9.17, 15) is 9.59 Å². The number of carboxylic acid groups (broad SMARTS) is 1. The third kappa shape index (κ3) is 3.95. The van der Waals surface area contributed by atoms with Crippen LogP contribution in [0.4, 0.5) is 0 Å². The van der Waals surface area contributed by atoms with Gasteiger partial charge in [0.1, 0.15) is 12.2 Å². The van der Waals surface area contributed by atoms with Gasteiger partial charge in [-0.25, -0.2) is 4.79 Å². The third-order valence-corrected chi connectivity index (χ3v) is 4.36. The van der Waals surface area contributed by atoms with E-state index >= 15 is 0 Å². The van der Waals surface area contributed by atoms with E-state index in [4.69, 9.17) is 9.84 Å². The Hall–Kier alpha value is -1.10. The molecule has 0 aromatic rings. The first-order valence-electron chi connectivity index (χ1n) is 7.65. The zero-order valence-electron chi connectivity index (χ0n) is 12.3. The Kier molecular flexibility index (Phi) is 5.02. The van der Waals surface area contributed by atoms with Gasteiger partial charge < -0.3 is 14.7 Å². The van der Waals surface area contributed by atoms with Crippen molar-refractivity contribution in [1.29, 1.82) is 0 Å². The molecule has 1 saturated carbocycles. The number of carboxylic acids is 1. The van der Waals surface area contributed by atoms with E-state index in [1.807, 2.05) is 11.8 Å². The maximum absolute atomic E-state index is 12.4. The summed E-state index contributed by atoms with van der Waals surface area (Å²) in [6.07, 6.45) is 8.08. The molecule has 0 aromatic carbocycles. The number of aliphatic carboxylic acids is 1. The molecule has 1 N–H and O–H groups in total. The van der Waals surface area contributed by atoms with E-state index in [1.165, 1.54) is 19.3 Å². The molecule has 0 radical (unpaired) electrons. The topological polar surface area (TPSA) is 66.8 Å². The van der Waals surface area contributed by atoms with Crippen molar-refractivity contribution in [2.75, 3.05) is 19.7 Å². The second-order valence-corrected chi connectivity index (χ2v) is 6.37. The molecule has 0 atom stereocenters. The van der Waals surface area contributed by atoms with Gasteiger partial charge in [0, 0.05) is 5.92 Å². The number of hydrogen-bond acceptors (Lipinski definition) is 3. The maximum atomic E-state index is 12.4. The fourth-order valence-corrected chi connectivity index (χ4v) is 3.21. The van der Waals surface area contributed by atoms with Crippen molar-refractivity contribution in [1.82, 2.24) is 4.90 Å². The van der Waals surface area contributed by atoms with Gasteiger partial charge in [0.2, 0.25) is 5.91 Å². The molecular weight excluding hydrogens is 258 g/mol. The molecule has 2 rings (SSSR count). The van der Waals surface area contributed by atoms with Crippen molar-refractivity contribution in [3.05, 3.63) is 0 Å². The standard InChI is InChI=1S/C15H25NO4/c1-15(20-9-13(17)18)10-16(11-15)14(19)12-7-5-3-2-4-6-8-12/h12H,2-11H2,1H3,(H,17,18). The number of ether oxygens (including phenoxy) is 1. The van der Waals surface area contributed by atoms with Gasteiger partial charge >= 0.3 is 5.97 Å². The van der Waals surface area contributed by atoms with Gasteiger partial charge in [-0.1, -0.05) is 32.1 Å². The minimum atomic E-state index is -0.962. The SMILES string of the molecule is CC1(OCC(=O)O)CN(C(=O)C2CCCCCCC2)C1. The fourth-order valence-electron chi connectivity index (χ4n) is 3.21. The second-order valence-electron chi connectivity index (χ2n) is 6.37. The van der Waals surface area contributed by atoms with Gasteiger partial charge in [0.05, 0.1) is 13.1 Å². The van der Waals surface area contributed by atoms with Crippen molar-refractivity contribution in [3.8, 4) is 0 Å². The van der Waals surface area contributed by atoms with Crippen LogP contribution in [0.15, 0.2) is 0 Å². The van der Waals surface area contributed by atoms with Crippen molar-refractivity contribution in [2.24, 2.45) is 5.92 Å². The van der Waals surface area contributed by atoms with E-state index in [0.29, 0.717) is 13.1 Å². The summed E-state index contributed by atoms with van der Waals surface area (Å²) in [7, 11) is 0. The minimum absolute atomic E-state index is 0.166. The van der Waals surface area contributed by atoms with Crippen LogP contribution in [-0.2, 0) is 14.3 Å². The lowest BCUT2D eigenvalue weighted by atomic mass is 9.87. The average molecular weight is 283 g/mol. The number of likely N-dealkylation sites (tertiary alicyclic amines) is 1. The molecule has 1 heterocycles. The number of hydrogen-bond donors (Lipinski definition) is 1. The van der Waals surface area contributed by atoms with Crippen LogP contribution in [0.3, 0.4) is 0 Å². The van der Waals surface area contributed by atoms with E-state index in [1.54, 1.807) is 0 Å². The first-order valence-corrected chi connectivity index (χ1v) is 7.65. The maximum Gasteiger partial charge on any atom is 0.329 e. The summed E-state index contributed by atoms with van der Waals surface area (Å²) in [6, 6.07) is 0. The highest BCUT2D eigenvalue weighted by atomic mass is 16.5. The van der Waals surface area contributed by atoms with Crippen LogP contribution in [0.25, 0.3) is 0 Å². The van der Waals surface area contributed by atoms with Crippen LogP contribution in [-0.4, -0.2) is 47.2 Å². The average Bonchev–Trinajstić information content (AvgIpc) is 2.32. The Balaban J connectivity index is 1.78. The summed E-state index contributed by atoms with van der Waals surface area (Å²) < 4.78 is 5.35. The van der Waals surface area contributed by atoms with Crippen molar-refractivity contribution in [3.63, 3.8) is 0 Å². The lowest BCUT2D eigenvalue weighted by molar-refractivity contribution is -0.176. The van der Waals surface area contributed by atoms with E-state index in [-0.39, 0.29) is 18.4 Å². The van der Waals surface area contributed by atoms with Crippen LogP contribution in [0.5, 0.6) is 0 Å². The normalized spacial score (nSPS) is 23.6. The van der Waals surface area contributed by atoms with Crippen LogP contribution < -0.4 is 0 Å². The third-order valence-electron chi connectivity index (χ3n) is 4.36. The molecule has 2 aliphatic rings. The summed E-state index contributed by atoms with van der Waals surface area (Å²) in [4.78, 5) is 24.8. The molecule has 1 amide bonds. The van der Waals surface area contributed by atoms with Crippen molar-refractivity contribution in [2.45, 2.75) is 57.5 Å². The Labute approximate surface area is 120 Å². The first-order chi connectivity index (χ1) is 9.50. The molecule has 0 unspecified atom stereocenters. The molecule has 5 nitrogen and oxygen atoms in total. The fraction of sp³-hybridized carbons (Fsp3) is 0.867. The molecule has 20 heavy (non-hydrogen) atoms. The lowest BCUT2D eigenvalue weighted by Gasteiger charge is -2.48. The number of amides is 1. The molecule has 1 aliphatic carbocycles. The highest BCUT2D eigenvalue weighted by Gasteiger charge is 2.44. The summed E-state index contributed by atoms with van der Waals surface area (Å²) in [5.41, 5.74) is -0.477. The molecule has 0 aromatic heterocycles. The van der Waals surface area contributed by atoms with Crippen LogP contribution in [0.2, 0.25) is 0 Å². The van der Waals surface area contributed by atoms with Gasteiger partial charge in [0.25, 0.3) is 0 Å². The van der Waals surface area contributed by atoms with Gasteiger partial charge in [-0.15, -0.1) is 0 Å². The number of carbonyl (C=O) groups is 2. The lowest BCUT2D eigenvalue weighted by Crippen LogP contribution is -2.64. The molecule has 114 valence electrons. The quantitative estimate of drug-likeness (QED) is 0.857. The molecule has 0 bridgehead atoms. The minimum Gasteiger partial charge on any atom is -0.480 e. The van der Waals surface area contributed by atoms with E-state index in [2.05, 4.69) is 0 Å². The van der Waals surface area contributed by atoms with E-state index in [0.717, 1.165) is 25.7 Å². The van der Waals surface area contributed by atoms with Crippen LogP contribution >= 0.6 is 0 Å². The predicted octanol–water partition coefficient (Wildman–Crippen LogP) is 2.05. The smallest absolute Gasteiger partial charge is 0.329 e. The van der Waals surface area contributed by atoms with Gasteiger partial charge in [-0.3, -0.25) is 4.79 Å². The van der Waals surface area contributed by atoms with Crippen LogP contribution in [0.1, 0.15) is 51.9 Å². The highest BCUT2D eigenvalue weighted by Crippen LogP contribution is 2.30. The van der Waals surface area contributed by atoms with Gasteiger partial charge in [-0.05, 0) is 19.8 Å². The van der Waals surface area contributed by atoms with Crippen LogP contribution in [0, 0.1) is 5.92 Å². The highest BCUT2D eigenvalue weighted by molar-refractivity contribution is 5.80. The molecule has 1 aliphatic heterocycles. The van der Waals surface area contributed by atoms with E-state index < -0.39 is 11.6 Å². The Morgan fingerprint density at radius 1 is 1.15 bits per heavy atom. The molecule has 2 fully saturated rings. The predicted molar refractivity (Wildman–Crippen MR) is 74.4 cm³/mol.